The van der Waals surface area contributed by atoms with E-state index in [-0.39, 0.29) is 23.2 Å². The van der Waals surface area contributed by atoms with Crippen LogP contribution in [0.25, 0.3) is 27.1 Å². The van der Waals surface area contributed by atoms with Crippen LogP contribution in [-0.4, -0.2) is 25.3 Å². The van der Waals surface area contributed by atoms with Gasteiger partial charge in [0.15, 0.2) is 10.1 Å². The molecule has 0 aliphatic heterocycles. The number of H-pyrrole nitrogens is 1. The van der Waals surface area contributed by atoms with E-state index < -0.39 is 5.13 Å². The predicted octanol–water partition coefficient (Wildman–Crippen LogP) is 4.63. The minimum absolute atomic E-state index is 0.108. The number of carbonyl (C=O) groups is 1. The van der Waals surface area contributed by atoms with Crippen LogP contribution in [0.3, 0.4) is 0 Å². The van der Waals surface area contributed by atoms with Crippen LogP contribution in [0.4, 0.5) is 9.52 Å². The Kier molecular flexibility index (Phi) is 3.99. The lowest BCUT2D eigenvalue weighted by atomic mass is 10.1. The zero-order valence-corrected chi connectivity index (χ0v) is 16.3. The summed E-state index contributed by atoms with van der Waals surface area (Å²) in [5, 5.41) is 5.34. The molecule has 0 radical (unpaired) electrons. The van der Waals surface area contributed by atoms with Gasteiger partial charge in [-0.2, -0.15) is 4.39 Å². The minimum Gasteiger partial charge on any atom is -0.358 e. The fourth-order valence-corrected chi connectivity index (χ4v) is 4.72. The van der Waals surface area contributed by atoms with Gasteiger partial charge in [0, 0.05) is 39.9 Å². The Balaban J connectivity index is 1.40. The van der Waals surface area contributed by atoms with Gasteiger partial charge in [0.2, 0.25) is 11.0 Å². The molecule has 0 aliphatic carbocycles. The van der Waals surface area contributed by atoms with E-state index in [1.807, 2.05) is 53.4 Å². The number of para-hydroxylation sites is 1. The monoisotopic (exact) mass is 411 g/mol. The van der Waals surface area contributed by atoms with E-state index in [1.165, 1.54) is 11.3 Å². The number of aromatic nitrogens is 4. The molecule has 1 aromatic carbocycles. The number of amides is 1. The quantitative estimate of drug-likeness (QED) is 0.453. The summed E-state index contributed by atoms with van der Waals surface area (Å²) < 4.78 is 16.5. The van der Waals surface area contributed by atoms with Gasteiger partial charge in [-0.05, 0) is 13.0 Å². The number of halogens is 1. The number of imidazole rings is 1. The number of thiazole rings is 2. The number of carbonyl (C=O) groups excluding carboxylic acids is 1. The van der Waals surface area contributed by atoms with E-state index >= 15 is 0 Å². The van der Waals surface area contributed by atoms with E-state index in [9.17, 15) is 9.18 Å². The predicted molar refractivity (Wildman–Crippen MR) is 110 cm³/mol. The van der Waals surface area contributed by atoms with Crippen molar-refractivity contribution in [3.63, 3.8) is 0 Å². The van der Waals surface area contributed by atoms with Gasteiger partial charge in [-0.1, -0.05) is 29.5 Å². The Bertz CT molecular complexity index is 1300. The normalized spacial score (nSPS) is 11.5. The summed E-state index contributed by atoms with van der Waals surface area (Å²) in [5.41, 5.74) is 3.39. The van der Waals surface area contributed by atoms with Crippen LogP contribution in [-0.2, 0) is 11.2 Å². The number of nitrogens with one attached hydrogen (secondary N) is 2. The summed E-state index contributed by atoms with van der Waals surface area (Å²) >= 11 is 2.33. The molecule has 9 heteroatoms. The van der Waals surface area contributed by atoms with Crippen molar-refractivity contribution >= 4 is 49.6 Å². The lowest BCUT2D eigenvalue weighted by Crippen LogP contribution is -2.14. The number of anilines is 1. The van der Waals surface area contributed by atoms with Crippen molar-refractivity contribution in [1.82, 2.24) is 19.4 Å². The number of fused-ring (bicyclic) bond motifs is 2. The number of aryl methyl sites for hydroxylation is 1. The molecule has 0 spiro atoms. The first kappa shape index (κ1) is 17.1. The second-order valence-electron chi connectivity index (χ2n) is 6.36. The third-order valence-electron chi connectivity index (χ3n) is 4.45. The molecule has 5 aromatic rings. The molecular formula is C19H14FN5OS2. The van der Waals surface area contributed by atoms with Crippen molar-refractivity contribution in [1.29, 1.82) is 0 Å². The van der Waals surface area contributed by atoms with Gasteiger partial charge in [0.25, 0.3) is 0 Å². The highest BCUT2D eigenvalue weighted by Crippen LogP contribution is 2.36. The zero-order chi connectivity index (χ0) is 19.3. The van der Waals surface area contributed by atoms with Crippen molar-refractivity contribution in [3.8, 4) is 11.3 Å². The molecule has 28 heavy (non-hydrogen) atoms. The van der Waals surface area contributed by atoms with Crippen LogP contribution in [0.15, 0.2) is 42.0 Å². The largest absolute Gasteiger partial charge is 0.358 e. The molecule has 140 valence electrons. The molecule has 4 aromatic heterocycles. The Morgan fingerprint density at radius 2 is 2.18 bits per heavy atom. The summed E-state index contributed by atoms with van der Waals surface area (Å²) in [7, 11) is 0. The number of hydrogen-bond acceptors (Lipinski definition) is 5. The molecule has 0 atom stereocenters. The molecular weight excluding hydrogens is 397 g/mol. The van der Waals surface area contributed by atoms with Gasteiger partial charge >= 0.3 is 0 Å². The highest BCUT2D eigenvalue weighted by molar-refractivity contribution is 7.15. The van der Waals surface area contributed by atoms with Crippen LogP contribution in [0.1, 0.15) is 11.4 Å². The SMILES string of the molecule is Cc1[nH]c2ccccc2c1-c1nc(NC(=O)Cc2cn3ccsc3n2)sc1F. The van der Waals surface area contributed by atoms with Gasteiger partial charge in [-0.25, -0.2) is 9.97 Å². The molecule has 4 heterocycles. The summed E-state index contributed by atoms with van der Waals surface area (Å²) in [6, 6.07) is 7.69. The number of nitrogens with zero attached hydrogens (tertiary/aromatic N) is 3. The summed E-state index contributed by atoms with van der Waals surface area (Å²) in [4.78, 5) is 25.2. The van der Waals surface area contributed by atoms with Gasteiger partial charge in [-0.15, -0.1) is 11.3 Å². The van der Waals surface area contributed by atoms with Crippen LogP contribution in [0, 0.1) is 12.1 Å². The zero-order valence-electron chi connectivity index (χ0n) is 14.7. The fraction of sp³-hybridized carbons (Fsp3) is 0.105. The van der Waals surface area contributed by atoms with Crippen LogP contribution in [0.2, 0.25) is 0 Å². The van der Waals surface area contributed by atoms with Gasteiger partial charge in [0.05, 0.1) is 12.1 Å². The molecule has 0 unspecified atom stereocenters. The highest BCUT2D eigenvalue weighted by atomic mass is 32.1. The fourth-order valence-electron chi connectivity index (χ4n) is 3.28. The first-order valence-corrected chi connectivity index (χ1v) is 10.2. The van der Waals surface area contributed by atoms with Crippen molar-refractivity contribution in [2.24, 2.45) is 0 Å². The molecule has 6 nitrogen and oxygen atoms in total. The first-order chi connectivity index (χ1) is 13.6. The molecule has 0 saturated heterocycles. The number of rotatable bonds is 4. The lowest BCUT2D eigenvalue weighted by Gasteiger charge is -1.99. The molecule has 0 saturated carbocycles. The van der Waals surface area contributed by atoms with E-state index in [4.69, 9.17) is 0 Å². The average Bonchev–Trinajstić information content (AvgIpc) is 3.37. The maximum Gasteiger partial charge on any atom is 0.232 e. The Morgan fingerprint density at radius 1 is 1.32 bits per heavy atom. The van der Waals surface area contributed by atoms with Crippen molar-refractivity contribution in [2.75, 3.05) is 5.32 Å². The third kappa shape index (κ3) is 2.88. The van der Waals surface area contributed by atoms with Crippen molar-refractivity contribution in [3.05, 3.63) is 58.6 Å². The molecule has 0 fully saturated rings. The maximum atomic E-state index is 14.6. The Hall–Kier alpha value is -3.04. The van der Waals surface area contributed by atoms with Crippen LogP contribution < -0.4 is 5.32 Å². The summed E-state index contributed by atoms with van der Waals surface area (Å²) in [6.45, 7) is 1.89. The van der Waals surface area contributed by atoms with Gasteiger partial charge < -0.3 is 10.3 Å². The third-order valence-corrected chi connectivity index (χ3v) is 5.98. The van der Waals surface area contributed by atoms with Crippen molar-refractivity contribution < 1.29 is 9.18 Å². The van der Waals surface area contributed by atoms with Crippen LogP contribution in [0.5, 0.6) is 0 Å². The van der Waals surface area contributed by atoms with E-state index in [2.05, 4.69) is 20.3 Å². The number of benzene rings is 1. The highest BCUT2D eigenvalue weighted by Gasteiger charge is 2.20. The van der Waals surface area contributed by atoms with E-state index in [0.717, 1.165) is 38.5 Å². The first-order valence-electron chi connectivity index (χ1n) is 8.53. The molecule has 0 aliphatic rings. The minimum atomic E-state index is -0.425. The average molecular weight is 411 g/mol. The van der Waals surface area contributed by atoms with E-state index in [0.29, 0.717) is 5.69 Å². The van der Waals surface area contributed by atoms with Crippen molar-refractivity contribution in [2.45, 2.75) is 13.3 Å². The summed E-state index contributed by atoms with van der Waals surface area (Å²) in [5.74, 6) is -0.276. The molecule has 5 rings (SSSR count). The molecule has 2 N–H and O–H groups in total. The summed E-state index contributed by atoms with van der Waals surface area (Å²) in [6.07, 6.45) is 3.81. The molecule has 0 bridgehead atoms. The van der Waals surface area contributed by atoms with Crippen LogP contribution >= 0.6 is 22.7 Å². The topological polar surface area (TPSA) is 75.1 Å². The number of aromatic amines is 1. The smallest absolute Gasteiger partial charge is 0.232 e. The Labute approximate surface area is 166 Å². The molecule has 1 amide bonds. The second-order valence-corrected chi connectivity index (χ2v) is 8.18. The number of hydrogen-bond donors (Lipinski definition) is 2. The lowest BCUT2D eigenvalue weighted by molar-refractivity contribution is -0.115. The maximum absolute atomic E-state index is 14.6. The van der Waals surface area contributed by atoms with Gasteiger partial charge in [0.1, 0.15) is 5.69 Å². The Morgan fingerprint density at radius 3 is 3.04 bits per heavy atom. The van der Waals surface area contributed by atoms with E-state index in [1.54, 1.807) is 0 Å². The van der Waals surface area contributed by atoms with Gasteiger partial charge in [-0.3, -0.25) is 9.20 Å². The second kappa shape index (κ2) is 6.54. The standard InChI is InChI=1S/C19H14FN5OS2/c1-10-15(12-4-2-3-5-13(12)21-10)16-17(20)28-18(24-16)23-14(26)8-11-9-25-6-7-27-19(25)22-11/h2-7,9,21H,8H2,1H3,(H,23,24,26).